The SMILES string of the molecule is CCSc1ccc(-c2nc(C(N)CC(C)C)cs2)cc1. The van der Waals surface area contributed by atoms with Crippen molar-refractivity contribution in [3.05, 3.63) is 35.3 Å². The quantitative estimate of drug-likeness (QED) is 0.766. The number of nitrogens with zero attached hydrogens (tertiary/aromatic N) is 1. The van der Waals surface area contributed by atoms with Crippen LogP contribution in [0.25, 0.3) is 10.6 Å². The fourth-order valence-corrected chi connectivity index (χ4v) is 3.63. The minimum atomic E-state index is 0.0509. The van der Waals surface area contributed by atoms with Crippen molar-refractivity contribution in [3.63, 3.8) is 0 Å². The van der Waals surface area contributed by atoms with Crippen molar-refractivity contribution < 1.29 is 0 Å². The van der Waals surface area contributed by atoms with Crippen molar-refractivity contribution in [3.8, 4) is 10.6 Å². The van der Waals surface area contributed by atoms with Crippen molar-refractivity contribution >= 4 is 23.1 Å². The van der Waals surface area contributed by atoms with Gasteiger partial charge in [0.25, 0.3) is 0 Å². The Labute approximate surface area is 129 Å². The molecule has 0 amide bonds. The minimum Gasteiger partial charge on any atom is -0.323 e. The fourth-order valence-electron chi connectivity index (χ4n) is 2.08. The standard InChI is InChI=1S/C16H22N2S2/c1-4-19-13-7-5-12(6-8-13)16-18-15(10-20-16)14(17)9-11(2)3/h5-8,10-11,14H,4,9,17H2,1-3H3. The number of hydrogen-bond donors (Lipinski definition) is 1. The van der Waals surface area contributed by atoms with Gasteiger partial charge in [0.05, 0.1) is 5.69 Å². The van der Waals surface area contributed by atoms with E-state index in [2.05, 4.69) is 50.4 Å². The lowest BCUT2D eigenvalue weighted by atomic mass is 10.0. The molecule has 0 bridgehead atoms. The maximum absolute atomic E-state index is 6.19. The van der Waals surface area contributed by atoms with Gasteiger partial charge in [-0.15, -0.1) is 23.1 Å². The van der Waals surface area contributed by atoms with Crippen LogP contribution in [0.2, 0.25) is 0 Å². The average Bonchev–Trinajstić information content (AvgIpc) is 2.89. The molecule has 0 saturated carbocycles. The van der Waals surface area contributed by atoms with E-state index in [0.29, 0.717) is 5.92 Å². The second-order valence-electron chi connectivity index (χ2n) is 5.27. The Balaban J connectivity index is 2.11. The molecule has 1 heterocycles. The van der Waals surface area contributed by atoms with E-state index in [1.54, 1.807) is 11.3 Å². The van der Waals surface area contributed by atoms with Gasteiger partial charge in [-0.05, 0) is 30.2 Å². The molecule has 1 atom stereocenters. The largest absolute Gasteiger partial charge is 0.323 e. The molecule has 2 N–H and O–H groups in total. The third kappa shape index (κ3) is 4.08. The Morgan fingerprint density at radius 2 is 1.95 bits per heavy atom. The van der Waals surface area contributed by atoms with Gasteiger partial charge in [-0.25, -0.2) is 4.98 Å². The zero-order valence-corrected chi connectivity index (χ0v) is 13.9. The van der Waals surface area contributed by atoms with Gasteiger partial charge in [0, 0.05) is 21.9 Å². The zero-order valence-electron chi connectivity index (χ0n) is 12.3. The highest BCUT2D eigenvalue weighted by atomic mass is 32.2. The predicted molar refractivity (Wildman–Crippen MR) is 90.3 cm³/mol. The molecule has 1 unspecified atom stereocenters. The maximum atomic E-state index is 6.19. The molecule has 0 radical (unpaired) electrons. The first-order chi connectivity index (χ1) is 9.60. The third-order valence-corrected chi connectivity index (χ3v) is 4.84. The molecule has 1 aromatic carbocycles. The number of hydrogen-bond acceptors (Lipinski definition) is 4. The molecule has 108 valence electrons. The van der Waals surface area contributed by atoms with Crippen LogP contribution in [0.5, 0.6) is 0 Å². The van der Waals surface area contributed by atoms with E-state index >= 15 is 0 Å². The van der Waals surface area contributed by atoms with Crippen molar-refractivity contribution in [1.82, 2.24) is 4.98 Å². The summed E-state index contributed by atoms with van der Waals surface area (Å²) < 4.78 is 0. The van der Waals surface area contributed by atoms with E-state index in [1.807, 2.05) is 11.8 Å². The number of aromatic nitrogens is 1. The van der Waals surface area contributed by atoms with Gasteiger partial charge in [-0.1, -0.05) is 32.9 Å². The third-order valence-electron chi connectivity index (χ3n) is 3.04. The van der Waals surface area contributed by atoms with E-state index in [0.717, 1.165) is 22.9 Å². The zero-order chi connectivity index (χ0) is 14.5. The highest BCUT2D eigenvalue weighted by Gasteiger charge is 2.13. The van der Waals surface area contributed by atoms with Gasteiger partial charge < -0.3 is 5.73 Å². The summed E-state index contributed by atoms with van der Waals surface area (Å²) in [4.78, 5) is 6.01. The van der Waals surface area contributed by atoms with Gasteiger partial charge in [-0.3, -0.25) is 0 Å². The first-order valence-electron chi connectivity index (χ1n) is 7.04. The van der Waals surface area contributed by atoms with Crippen molar-refractivity contribution in [2.75, 3.05) is 5.75 Å². The molecule has 2 aromatic rings. The van der Waals surface area contributed by atoms with Gasteiger partial charge in [0.2, 0.25) is 0 Å². The Hall–Kier alpha value is -0.840. The second kappa shape index (κ2) is 7.25. The van der Waals surface area contributed by atoms with Crippen LogP contribution < -0.4 is 5.73 Å². The highest BCUT2D eigenvalue weighted by Crippen LogP contribution is 2.29. The van der Waals surface area contributed by atoms with Crippen molar-refractivity contribution in [2.45, 2.75) is 38.1 Å². The highest BCUT2D eigenvalue weighted by molar-refractivity contribution is 7.99. The number of thiazole rings is 1. The first-order valence-corrected chi connectivity index (χ1v) is 8.91. The summed E-state index contributed by atoms with van der Waals surface area (Å²) in [5, 5.41) is 3.16. The summed E-state index contributed by atoms with van der Waals surface area (Å²) in [6.07, 6.45) is 0.981. The Morgan fingerprint density at radius 1 is 1.25 bits per heavy atom. The van der Waals surface area contributed by atoms with Crippen LogP contribution in [-0.4, -0.2) is 10.7 Å². The van der Waals surface area contributed by atoms with Crippen LogP contribution in [0.15, 0.2) is 34.5 Å². The molecule has 0 aliphatic rings. The van der Waals surface area contributed by atoms with Gasteiger partial charge in [0.1, 0.15) is 5.01 Å². The molecule has 2 nitrogen and oxygen atoms in total. The van der Waals surface area contributed by atoms with Crippen LogP contribution in [0.4, 0.5) is 0 Å². The Bertz CT molecular complexity index is 532. The smallest absolute Gasteiger partial charge is 0.123 e. The molecule has 4 heteroatoms. The van der Waals surface area contributed by atoms with Crippen LogP contribution in [0, 0.1) is 5.92 Å². The Morgan fingerprint density at radius 3 is 2.55 bits per heavy atom. The monoisotopic (exact) mass is 306 g/mol. The molecular formula is C16H22N2S2. The lowest BCUT2D eigenvalue weighted by Gasteiger charge is -2.10. The average molecular weight is 306 g/mol. The fraction of sp³-hybridized carbons (Fsp3) is 0.438. The van der Waals surface area contributed by atoms with E-state index in [9.17, 15) is 0 Å². The molecule has 0 fully saturated rings. The van der Waals surface area contributed by atoms with Crippen LogP contribution >= 0.6 is 23.1 Å². The summed E-state index contributed by atoms with van der Waals surface area (Å²) in [5.74, 6) is 1.70. The second-order valence-corrected chi connectivity index (χ2v) is 7.47. The molecule has 1 aromatic heterocycles. The summed E-state index contributed by atoms with van der Waals surface area (Å²) in [7, 11) is 0. The lowest BCUT2D eigenvalue weighted by Crippen LogP contribution is -2.13. The Kier molecular flexibility index (Phi) is 5.64. The molecular weight excluding hydrogens is 284 g/mol. The number of nitrogens with two attached hydrogens (primary N) is 1. The van der Waals surface area contributed by atoms with E-state index in [4.69, 9.17) is 10.7 Å². The van der Waals surface area contributed by atoms with Gasteiger partial charge in [0.15, 0.2) is 0 Å². The van der Waals surface area contributed by atoms with Gasteiger partial charge >= 0.3 is 0 Å². The molecule has 0 aliphatic carbocycles. The molecule has 0 aliphatic heterocycles. The topological polar surface area (TPSA) is 38.9 Å². The van der Waals surface area contributed by atoms with E-state index < -0.39 is 0 Å². The van der Waals surface area contributed by atoms with Crippen LogP contribution in [0.3, 0.4) is 0 Å². The predicted octanol–water partition coefficient (Wildman–Crippen LogP) is 4.97. The minimum absolute atomic E-state index is 0.0509. The van der Waals surface area contributed by atoms with Crippen LogP contribution in [-0.2, 0) is 0 Å². The van der Waals surface area contributed by atoms with E-state index in [-0.39, 0.29) is 6.04 Å². The molecule has 20 heavy (non-hydrogen) atoms. The lowest BCUT2D eigenvalue weighted by molar-refractivity contribution is 0.504. The number of rotatable bonds is 6. The number of thioether (sulfide) groups is 1. The molecule has 0 saturated heterocycles. The van der Waals surface area contributed by atoms with Crippen LogP contribution in [0.1, 0.15) is 38.9 Å². The first kappa shape index (κ1) is 15.5. The summed E-state index contributed by atoms with van der Waals surface area (Å²) in [6.45, 7) is 6.55. The maximum Gasteiger partial charge on any atom is 0.123 e. The van der Waals surface area contributed by atoms with E-state index in [1.165, 1.54) is 10.5 Å². The summed E-state index contributed by atoms with van der Waals surface area (Å²) >= 11 is 3.54. The molecule has 2 rings (SSSR count). The van der Waals surface area contributed by atoms with Gasteiger partial charge in [-0.2, -0.15) is 0 Å². The number of benzene rings is 1. The van der Waals surface area contributed by atoms with Crippen molar-refractivity contribution in [1.29, 1.82) is 0 Å². The molecule has 0 spiro atoms. The van der Waals surface area contributed by atoms with Crippen molar-refractivity contribution in [2.24, 2.45) is 11.7 Å². The summed E-state index contributed by atoms with van der Waals surface area (Å²) in [6, 6.07) is 8.68. The normalized spacial score (nSPS) is 12.8. The summed E-state index contributed by atoms with van der Waals surface area (Å²) in [5.41, 5.74) is 8.39.